The third kappa shape index (κ3) is 0.653. The lowest BCUT2D eigenvalue weighted by atomic mass is 11.5. The monoisotopic (exact) mass is 102 g/mol. The molecule has 0 aromatic carbocycles. The zero-order valence-electron chi connectivity index (χ0n) is 3.59. The molecule has 2 nitrogen and oxygen atoms in total. The molecule has 1 aliphatic heterocycles. The van der Waals surface area contributed by atoms with Gasteiger partial charge in [0, 0.05) is 0 Å². The molecule has 1 atom stereocenters. The van der Waals surface area contributed by atoms with E-state index in [4.69, 9.17) is 0 Å². The zero-order valence-corrected chi connectivity index (χ0v) is 4.40. The maximum Gasteiger partial charge on any atom is 0.102 e. The molecule has 6 heavy (non-hydrogen) atoms. The summed E-state index contributed by atoms with van der Waals surface area (Å²) in [7, 11) is 0.369. The quantitative estimate of drug-likeness (QED) is 0.409. The van der Waals surface area contributed by atoms with Crippen LogP contribution in [-0.4, -0.2) is 17.6 Å². The summed E-state index contributed by atoms with van der Waals surface area (Å²) in [6.45, 7) is 0. The van der Waals surface area contributed by atoms with Crippen molar-refractivity contribution in [2.24, 2.45) is 10.2 Å². The lowest BCUT2D eigenvalue weighted by molar-refractivity contribution is 1.21. The van der Waals surface area contributed by atoms with Crippen LogP contribution >= 0.6 is 10.5 Å². The van der Waals surface area contributed by atoms with Gasteiger partial charge in [-0.05, 0) is 6.26 Å². The molecular weight excluding hydrogens is 96.1 g/mol. The van der Waals surface area contributed by atoms with Crippen LogP contribution in [0.3, 0.4) is 0 Å². The van der Waals surface area contributed by atoms with E-state index in [1.165, 1.54) is 0 Å². The fourth-order valence-corrected chi connectivity index (χ4v) is 0.815. The van der Waals surface area contributed by atoms with E-state index in [1.807, 2.05) is 5.49 Å². The summed E-state index contributed by atoms with van der Waals surface area (Å²) in [5.41, 5.74) is 1.89. The molecule has 1 aliphatic rings. The van der Waals surface area contributed by atoms with Crippen LogP contribution in [0.5, 0.6) is 0 Å². The van der Waals surface area contributed by atoms with E-state index in [1.54, 1.807) is 0 Å². The molecule has 0 fully saturated rings. The van der Waals surface area contributed by atoms with Crippen LogP contribution in [0.15, 0.2) is 10.2 Å². The van der Waals surface area contributed by atoms with Gasteiger partial charge in [-0.1, -0.05) is 0 Å². The topological polar surface area (TPSA) is 24.7 Å². The first-order valence-corrected chi connectivity index (χ1v) is 3.57. The lowest BCUT2D eigenvalue weighted by Gasteiger charge is -1.78. The van der Waals surface area contributed by atoms with Gasteiger partial charge in [0.15, 0.2) is 0 Å². The average Bonchev–Trinajstić information content (AvgIpc) is 1.86. The molecule has 1 unspecified atom stereocenters. The second kappa shape index (κ2) is 1.51. The largest absolute Gasteiger partial charge is 0.178 e. The Kier molecular flexibility index (Phi) is 1.01. The Hall–Kier alpha value is -0.180. The standard InChI is InChI=1S/C3H6N2S/c1-6-2-4-5-3-6/h2H,3H2,1H3. The smallest absolute Gasteiger partial charge is 0.102 e. The van der Waals surface area contributed by atoms with E-state index in [9.17, 15) is 0 Å². The normalized spacial score (nSPS) is 30.5. The fourth-order valence-electron chi connectivity index (χ4n) is 0.272. The van der Waals surface area contributed by atoms with Crippen molar-refractivity contribution in [3.05, 3.63) is 0 Å². The van der Waals surface area contributed by atoms with Crippen LogP contribution < -0.4 is 0 Å². The van der Waals surface area contributed by atoms with Crippen molar-refractivity contribution < 1.29 is 0 Å². The van der Waals surface area contributed by atoms with E-state index in [-0.39, 0.29) is 0 Å². The van der Waals surface area contributed by atoms with Crippen molar-refractivity contribution >= 4 is 16.0 Å². The highest BCUT2D eigenvalue weighted by atomic mass is 32.2. The van der Waals surface area contributed by atoms with Gasteiger partial charge in [0.05, 0.1) is 5.49 Å². The zero-order chi connectivity index (χ0) is 4.41. The van der Waals surface area contributed by atoms with Crippen molar-refractivity contribution in [3.8, 4) is 0 Å². The van der Waals surface area contributed by atoms with Crippen LogP contribution in [0.2, 0.25) is 0 Å². The van der Waals surface area contributed by atoms with Crippen LogP contribution in [-0.2, 0) is 0 Å². The molecule has 1 heterocycles. The Morgan fingerprint density at radius 3 is 2.83 bits per heavy atom. The molecule has 34 valence electrons. The summed E-state index contributed by atoms with van der Waals surface area (Å²) in [6, 6.07) is 0. The molecule has 0 radical (unpaired) electrons. The molecule has 0 saturated heterocycles. The van der Waals surface area contributed by atoms with E-state index in [2.05, 4.69) is 16.5 Å². The van der Waals surface area contributed by atoms with Crippen molar-refractivity contribution in [2.45, 2.75) is 0 Å². The summed E-state index contributed by atoms with van der Waals surface area (Å²) >= 11 is 0. The Bertz CT molecular complexity index is 105. The van der Waals surface area contributed by atoms with Crippen molar-refractivity contribution in [3.63, 3.8) is 0 Å². The van der Waals surface area contributed by atoms with Gasteiger partial charge in [-0.25, -0.2) is 0 Å². The highest BCUT2D eigenvalue weighted by molar-refractivity contribution is 8.14. The van der Waals surface area contributed by atoms with Crippen molar-refractivity contribution in [1.29, 1.82) is 0 Å². The van der Waals surface area contributed by atoms with E-state index in [0.29, 0.717) is 10.5 Å². The summed E-state index contributed by atoms with van der Waals surface area (Å²) in [4.78, 5) is 0. The van der Waals surface area contributed by atoms with Crippen molar-refractivity contribution in [2.75, 3.05) is 12.1 Å². The third-order valence-corrected chi connectivity index (χ3v) is 1.55. The van der Waals surface area contributed by atoms with Crippen LogP contribution in [0.25, 0.3) is 0 Å². The minimum atomic E-state index is 0.369. The first-order valence-electron chi connectivity index (χ1n) is 1.71. The van der Waals surface area contributed by atoms with Gasteiger partial charge in [-0.15, -0.1) is 10.5 Å². The third-order valence-electron chi connectivity index (χ3n) is 0.570. The molecule has 0 spiro atoms. The number of hydrogen-bond acceptors (Lipinski definition) is 2. The Labute approximate surface area is 39.2 Å². The van der Waals surface area contributed by atoms with Gasteiger partial charge in [-0.2, -0.15) is 10.2 Å². The summed E-state index contributed by atoms with van der Waals surface area (Å²) in [6.07, 6.45) is 2.12. The lowest BCUT2D eigenvalue weighted by Crippen LogP contribution is -1.61. The Balaban J connectivity index is 2.61. The van der Waals surface area contributed by atoms with E-state index >= 15 is 0 Å². The van der Waals surface area contributed by atoms with Crippen LogP contribution in [0, 0.1) is 0 Å². The first-order chi connectivity index (χ1) is 2.89. The van der Waals surface area contributed by atoms with Crippen LogP contribution in [0.4, 0.5) is 0 Å². The van der Waals surface area contributed by atoms with Gasteiger partial charge in [0.25, 0.3) is 0 Å². The van der Waals surface area contributed by atoms with Gasteiger partial charge >= 0.3 is 0 Å². The number of hydrogen-bond donors (Lipinski definition) is 0. The van der Waals surface area contributed by atoms with Crippen molar-refractivity contribution in [1.82, 2.24) is 0 Å². The Morgan fingerprint density at radius 2 is 2.67 bits per heavy atom. The molecule has 0 amide bonds. The molecule has 0 aromatic rings. The van der Waals surface area contributed by atoms with Gasteiger partial charge in [0.1, 0.15) is 5.88 Å². The second-order valence-corrected chi connectivity index (χ2v) is 3.03. The number of rotatable bonds is 0. The average molecular weight is 102 g/mol. The summed E-state index contributed by atoms with van der Waals surface area (Å²) in [5, 5.41) is 7.42. The highest BCUT2D eigenvalue weighted by Gasteiger charge is 1.86. The molecule has 0 aromatic heterocycles. The number of azo groups is 1. The molecule has 0 saturated carbocycles. The molecule has 0 N–H and O–H groups in total. The predicted octanol–water partition coefficient (Wildman–Crippen LogP) is 1.07. The predicted molar refractivity (Wildman–Crippen MR) is 29.3 cm³/mol. The SMILES string of the molecule is CS1=CN=NC1. The minimum Gasteiger partial charge on any atom is -0.178 e. The first kappa shape index (κ1) is 3.99. The van der Waals surface area contributed by atoms with E-state index < -0.39 is 0 Å². The molecule has 1 rings (SSSR count). The van der Waals surface area contributed by atoms with Gasteiger partial charge in [-0.3, -0.25) is 0 Å². The molecule has 3 heteroatoms. The van der Waals surface area contributed by atoms with Crippen LogP contribution in [0.1, 0.15) is 0 Å². The highest BCUT2D eigenvalue weighted by Crippen LogP contribution is 2.09. The molecule has 0 bridgehead atoms. The van der Waals surface area contributed by atoms with E-state index in [0.717, 1.165) is 5.88 Å². The van der Waals surface area contributed by atoms with Gasteiger partial charge < -0.3 is 0 Å². The minimum absolute atomic E-state index is 0.369. The second-order valence-electron chi connectivity index (χ2n) is 1.18. The van der Waals surface area contributed by atoms with Gasteiger partial charge in [0.2, 0.25) is 0 Å². The summed E-state index contributed by atoms with van der Waals surface area (Å²) < 4.78 is 0. The number of nitrogens with zero attached hydrogens (tertiary/aromatic N) is 2. The maximum absolute atomic E-state index is 3.75. The molecular formula is C3H6N2S. The Morgan fingerprint density at radius 1 is 1.83 bits per heavy atom. The fraction of sp³-hybridized carbons (Fsp3) is 0.667. The maximum atomic E-state index is 3.75. The summed E-state index contributed by atoms with van der Waals surface area (Å²) in [5.74, 6) is 0.917. The molecule has 0 aliphatic carbocycles.